The average molecular weight is 327 g/mol. The van der Waals surface area contributed by atoms with Gasteiger partial charge in [-0.15, -0.1) is 0 Å². The molecule has 1 unspecified atom stereocenters. The molecule has 0 radical (unpaired) electrons. The summed E-state index contributed by atoms with van der Waals surface area (Å²) in [5, 5.41) is 5.05. The van der Waals surface area contributed by atoms with Crippen molar-refractivity contribution in [1.29, 1.82) is 0 Å². The third-order valence-corrected chi connectivity index (χ3v) is 4.10. The molecule has 5 heteroatoms. The molecule has 0 saturated carbocycles. The van der Waals surface area contributed by atoms with Gasteiger partial charge in [0.1, 0.15) is 6.04 Å². The van der Waals surface area contributed by atoms with Crippen LogP contribution in [-0.2, 0) is 4.79 Å². The van der Waals surface area contributed by atoms with Crippen LogP contribution < -0.4 is 5.32 Å². The second-order valence-corrected chi connectivity index (χ2v) is 6.54. The molecule has 1 N–H and O–H groups in total. The number of carbonyl (C=O) groups excluding carboxylic acids is 1. The fourth-order valence-electron chi connectivity index (χ4n) is 2.28. The summed E-state index contributed by atoms with van der Waals surface area (Å²) in [6.45, 7) is 6.85. The Morgan fingerprint density at radius 1 is 1.29 bits per heavy atom. The minimum Gasteiger partial charge on any atom is -0.354 e. The maximum Gasteiger partial charge on any atom is 0.242 e. The van der Waals surface area contributed by atoms with Crippen molar-refractivity contribution in [2.45, 2.75) is 33.2 Å². The summed E-state index contributed by atoms with van der Waals surface area (Å²) in [6, 6.07) is 5.15. The number of nitrogens with zero attached hydrogens (tertiary/aromatic N) is 1. The van der Waals surface area contributed by atoms with Crippen LogP contribution in [0.4, 0.5) is 0 Å². The van der Waals surface area contributed by atoms with Crippen molar-refractivity contribution < 1.29 is 4.79 Å². The van der Waals surface area contributed by atoms with Gasteiger partial charge >= 0.3 is 0 Å². The van der Waals surface area contributed by atoms with Crippen LogP contribution in [0.1, 0.15) is 33.2 Å². The maximum atomic E-state index is 12.2. The Kier molecular flexibility index (Phi) is 5.17. The van der Waals surface area contributed by atoms with Gasteiger partial charge in [-0.3, -0.25) is 4.79 Å². The first-order chi connectivity index (χ1) is 9.90. The second kappa shape index (κ2) is 6.71. The summed E-state index contributed by atoms with van der Waals surface area (Å²) in [5.41, 5.74) is 0.874. The molecule has 0 bridgehead atoms. The highest BCUT2D eigenvalue weighted by atomic mass is 35.5. The van der Waals surface area contributed by atoms with E-state index in [1.807, 2.05) is 29.8 Å². The van der Waals surface area contributed by atoms with Crippen LogP contribution >= 0.6 is 23.2 Å². The molecule has 3 nitrogen and oxygen atoms in total. The standard InChI is InChI=1S/C16H20Cl2N2O/c1-10(2)4-6-19-16(21)11(3)20-7-5-13-14(18)8-12(17)9-15(13)20/h5,7-11H,4,6H2,1-3H3,(H,19,21). The Morgan fingerprint density at radius 3 is 2.67 bits per heavy atom. The zero-order valence-electron chi connectivity index (χ0n) is 12.5. The number of aromatic nitrogens is 1. The van der Waals surface area contributed by atoms with E-state index in [0.29, 0.717) is 22.5 Å². The van der Waals surface area contributed by atoms with Crippen molar-refractivity contribution in [3.63, 3.8) is 0 Å². The zero-order valence-corrected chi connectivity index (χ0v) is 14.0. The Morgan fingerprint density at radius 2 is 2.00 bits per heavy atom. The summed E-state index contributed by atoms with van der Waals surface area (Å²) >= 11 is 12.2. The summed E-state index contributed by atoms with van der Waals surface area (Å²) in [5.74, 6) is 0.579. The molecule has 0 aliphatic carbocycles. The van der Waals surface area contributed by atoms with Gasteiger partial charge in [-0.25, -0.2) is 0 Å². The third-order valence-electron chi connectivity index (χ3n) is 3.57. The molecule has 2 aromatic rings. The average Bonchev–Trinajstić information content (AvgIpc) is 2.81. The van der Waals surface area contributed by atoms with Crippen molar-refractivity contribution in [2.75, 3.05) is 6.54 Å². The van der Waals surface area contributed by atoms with Gasteiger partial charge < -0.3 is 9.88 Å². The van der Waals surface area contributed by atoms with Crippen LogP contribution in [0.2, 0.25) is 10.0 Å². The molecule has 0 fully saturated rings. The number of amides is 1. The molecule has 21 heavy (non-hydrogen) atoms. The molecule has 1 atom stereocenters. The second-order valence-electron chi connectivity index (χ2n) is 5.69. The zero-order chi connectivity index (χ0) is 15.6. The minimum atomic E-state index is -0.302. The summed E-state index contributed by atoms with van der Waals surface area (Å²) < 4.78 is 1.90. The molecule has 1 heterocycles. The van der Waals surface area contributed by atoms with Gasteiger partial charge in [0, 0.05) is 23.2 Å². The molecule has 1 aromatic carbocycles. The predicted molar refractivity (Wildman–Crippen MR) is 89.1 cm³/mol. The fourth-order valence-corrected chi connectivity index (χ4v) is 2.83. The number of hydrogen-bond donors (Lipinski definition) is 1. The van der Waals surface area contributed by atoms with Crippen LogP contribution in [-0.4, -0.2) is 17.0 Å². The molecule has 0 saturated heterocycles. The highest BCUT2D eigenvalue weighted by Crippen LogP contribution is 2.30. The van der Waals surface area contributed by atoms with E-state index in [1.54, 1.807) is 6.07 Å². The van der Waals surface area contributed by atoms with Crippen molar-refractivity contribution in [1.82, 2.24) is 9.88 Å². The van der Waals surface area contributed by atoms with Gasteiger partial charge in [0.25, 0.3) is 0 Å². The topological polar surface area (TPSA) is 34.0 Å². The number of rotatable bonds is 5. The fraction of sp³-hybridized carbons (Fsp3) is 0.438. The van der Waals surface area contributed by atoms with Crippen LogP contribution in [0.5, 0.6) is 0 Å². The highest BCUT2D eigenvalue weighted by molar-refractivity contribution is 6.38. The number of fused-ring (bicyclic) bond motifs is 1. The summed E-state index contributed by atoms with van der Waals surface area (Å²) in [6.07, 6.45) is 2.85. The van der Waals surface area contributed by atoms with Gasteiger partial charge in [0.15, 0.2) is 0 Å². The number of nitrogens with one attached hydrogen (secondary N) is 1. The van der Waals surface area contributed by atoms with E-state index in [4.69, 9.17) is 23.2 Å². The summed E-state index contributed by atoms with van der Waals surface area (Å²) in [4.78, 5) is 12.2. The molecule has 0 aliphatic rings. The minimum absolute atomic E-state index is 0.00393. The largest absolute Gasteiger partial charge is 0.354 e. The lowest BCUT2D eigenvalue weighted by Gasteiger charge is -2.16. The molecular formula is C16H20Cl2N2O. The van der Waals surface area contributed by atoms with E-state index >= 15 is 0 Å². The molecule has 1 amide bonds. The normalized spacial score (nSPS) is 12.9. The molecule has 114 valence electrons. The highest BCUT2D eigenvalue weighted by Gasteiger charge is 2.17. The van der Waals surface area contributed by atoms with Crippen molar-refractivity contribution >= 4 is 40.0 Å². The Hall–Kier alpha value is -1.19. The number of benzene rings is 1. The lowest BCUT2D eigenvalue weighted by Crippen LogP contribution is -2.31. The molecule has 2 rings (SSSR count). The molecular weight excluding hydrogens is 307 g/mol. The Labute approximate surface area is 135 Å². The lowest BCUT2D eigenvalue weighted by molar-refractivity contribution is -0.123. The van der Waals surface area contributed by atoms with Crippen LogP contribution in [0.25, 0.3) is 10.9 Å². The number of halogens is 2. The van der Waals surface area contributed by atoms with Gasteiger partial charge in [-0.2, -0.15) is 0 Å². The van der Waals surface area contributed by atoms with Gasteiger partial charge in [0.05, 0.1) is 10.5 Å². The SMILES string of the molecule is CC(C)CCNC(=O)C(C)n1ccc2c(Cl)cc(Cl)cc21. The van der Waals surface area contributed by atoms with E-state index in [-0.39, 0.29) is 11.9 Å². The quantitative estimate of drug-likeness (QED) is 0.851. The Balaban J connectivity index is 2.19. The van der Waals surface area contributed by atoms with Gasteiger partial charge in [-0.05, 0) is 37.5 Å². The van der Waals surface area contributed by atoms with Gasteiger partial charge in [-0.1, -0.05) is 37.0 Å². The van der Waals surface area contributed by atoms with Gasteiger partial charge in [0.2, 0.25) is 5.91 Å². The molecule has 1 aromatic heterocycles. The van der Waals surface area contributed by atoms with Crippen molar-refractivity contribution in [3.05, 3.63) is 34.4 Å². The van der Waals surface area contributed by atoms with E-state index in [1.165, 1.54) is 0 Å². The first-order valence-electron chi connectivity index (χ1n) is 7.13. The van der Waals surface area contributed by atoms with E-state index in [0.717, 1.165) is 17.3 Å². The first-order valence-corrected chi connectivity index (χ1v) is 7.89. The van der Waals surface area contributed by atoms with E-state index < -0.39 is 0 Å². The number of carbonyl (C=O) groups is 1. The van der Waals surface area contributed by atoms with Crippen LogP contribution in [0.15, 0.2) is 24.4 Å². The van der Waals surface area contributed by atoms with Crippen molar-refractivity contribution in [2.24, 2.45) is 5.92 Å². The van der Waals surface area contributed by atoms with Crippen LogP contribution in [0.3, 0.4) is 0 Å². The summed E-state index contributed by atoms with van der Waals surface area (Å²) in [7, 11) is 0. The van der Waals surface area contributed by atoms with Crippen LogP contribution in [0, 0.1) is 5.92 Å². The van der Waals surface area contributed by atoms with E-state index in [2.05, 4.69) is 19.2 Å². The molecule has 0 aliphatic heterocycles. The first kappa shape index (κ1) is 16.2. The predicted octanol–water partition coefficient (Wildman–Crippen LogP) is 4.67. The Bertz CT molecular complexity index is 649. The maximum absolute atomic E-state index is 12.2. The monoisotopic (exact) mass is 326 g/mol. The molecule has 0 spiro atoms. The number of hydrogen-bond acceptors (Lipinski definition) is 1. The third kappa shape index (κ3) is 3.72. The van der Waals surface area contributed by atoms with Crippen molar-refractivity contribution in [3.8, 4) is 0 Å². The van der Waals surface area contributed by atoms with E-state index in [9.17, 15) is 4.79 Å². The smallest absolute Gasteiger partial charge is 0.242 e. The lowest BCUT2D eigenvalue weighted by atomic mass is 10.1.